The van der Waals surface area contributed by atoms with Gasteiger partial charge in [-0.2, -0.15) is 0 Å². The zero-order valence-electron chi connectivity index (χ0n) is 11.0. The number of fused-ring (bicyclic) bond motifs is 1. The minimum Gasteiger partial charge on any atom is -0.369 e. The molecule has 0 radical (unpaired) electrons. The van der Waals surface area contributed by atoms with E-state index < -0.39 is 0 Å². The maximum absolute atomic E-state index is 5.96. The Balaban J connectivity index is 2.27. The number of thiophene rings is 1. The van der Waals surface area contributed by atoms with Gasteiger partial charge in [0, 0.05) is 11.4 Å². The van der Waals surface area contributed by atoms with Crippen molar-refractivity contribution < 1.29 is 0 Å². The number of aromatic nitrogens is 2. The molecule has 0 saturated heterocycles. The van der Waals surface area contributed by atoms with Crippen molar-refractivity contribution in [2.45, 2.75) is 33.6 Å². The fraction of sp³-hybridized carbons (Fsp3) is 0.538. The summed E-state index contributed by atoms with van der Waals surface area (Å²) in [6.07, 6.45) is 2.14. The molecule has 0 aliphatic rings. The lowest BCUT2D eigenvalue weighted by Crippen LogP contribution is -2.06. The molecule has 0 unspecified atom stereocenters. The molecule has 0 fully saturated rings. The molecule has 2 heterocycles. The van der Waals surface area contributed by atoms with E-state index in [1.165, 1.54) is 4.88 Å². The van der Waals surface area contributed by atoms with Gasteiger partial charge in [-0.3, -0.25) is 0 Å². The van der Waals surface area contributed by atoms with Crippen molar-refractivity contribution in [3.8, 4) is 0 Å². The topological polar surface area (TPSA) is 37.8 Å². The fourth-order valence-electron chi connectivity index (χ4n) is 1.73. The highest BCUT2D eigenvalue weighted by atomic mass is 35.5. The predicted octanol–water partition coefficient (Wildman–Crippen LogP) is 4.37. The number of rotatable bonds is 5. The van der Waals surface area contributed by atoms with Gasteiger partial charge in [-0.15, -0.1) is 11.3 Å². The maximum atomic E-state index is 5.96. The van der Waals surface area contributed by atoms with E-state index in [2.05, 4.69) is 42.1 Å². The van der Waals surface area contributed by atoms with E-state index in [9.17, 15) is 0 Å². The van der Waals surface area contributed by atoms with Gasteiger partial charge in [-0.1, -0.05) is 20.8 Å². The van der Waals surface area contributed by atoms with Crippen molar-refractivity contribution in [2.24, 2.45) is 5.92 Å². The summed E-state index contributed by atoms with van der Waals surface area (Å²) in [5.41, 5.74) is 0. The van der Waals surface area contributed by atoms with Crippen LogP contribution in [0.2, 0.25) is 5.28 Å². The van der Waals surface area contributed by atoms with Crippen molar-refractivity contribution in [2.75, 3.05) is 11.9 Å². The lowest BCUT2D eigenvalue weighted by Gasteiger charge is -2.08. The number of aryl methyl sites for hydroxylation is 1. The molecule has 3 nitrogen and oxygen atoms in total. The van der Waals surface area contributed by atoms with E-state index in [0.717, 1.165) is 35.4 Å². The van der Waals surface area contributed by atoms with Gasteiger partial charge in [-0.05, 0) is 36.4 Å². The molecular formula is C13H18ClN3S. The van der Waals surface area contributed by atoms with Gasteiger partial charge in [0.15, 0.2) is 0 Å². The first-order valence-corrected chi connectivity index (χ1v) is 7.49. The lowest BCUT2D eigenvalue weighted by molar-refractivity contribution is 0.607. The average Bonchev–Trinajstić information content (AvgIpc) is 2.71. The van der Waals surface area contributed by atoms with Crippen LogP contribution in [-0.2, 0) is 6.42 Å². The quantitative estimate of drug-likeness (QED) is 0.828. The van der Waals surface area contributed by atoms with Gasteiger partial charge < -0.3 is 5.32 Å². The number of halogens is 1. The van der Waals surface area contributed by atoms with Crippen molar-refractivity contribution in [1.82, 2.24) is 9.97 Å². The molecule has 2 rings (SSSR count). The highest BCUT2D eigenvalue weighted by molar-refractivity contribution is 7.18. The zero-order chi connectivity index (χ0) is 13.1. The third-order valence-electron chi connectivity index (χ3n) is 2.78. The van der Waals surface area contributed by atoms with E-state index in [1.807, 2.05) is 0 Å². The molecule has 2 aromatic heterocycles. The zero-order valence-corrected chi connectivity index (χ0v) is 12.5. The minimum absolute atomic E-state index is 0.319. The molecule has 0 aromatic carbocycles. The van der Waals surface area contributed by atoms with Gasteiger partial charge in [0.05, 0.1) is 5.39 Å². The molecule has 0 amide bonds. The Hall–Kier alpha value is -0.870. The summed E-state index contributed by atoms with van der Waals surface area (Å²) < 4.78 is 0. The summed E-state index contributed by atoms with van der Waals surface area (Å²) in [4.78, 5) is 10.9. The molecule has 0 atom stereocenters. The molecule has 0 aliphatic carbocycles. The second-order valence-electron chi connectivity index (χ2n) is 4.74. The molecule has 18 heavy (non-hydrogen) atoms. The van der Waals surface area contributed by atoms with Crippen LogP contribution in [-0.4, -0.2) is 16.5 Å². The Morgan fingerprint density at radius 1 is 1.39 bits per heavy atom. The van der Waals surface area contributed by atoms with Crippen LogP contribution >= 0.6 is 22.9 Å². The van der Waals surface area contributed by atoms with Crippen LogP contribution in [0.15, 0.2) is 6.07 Å². The van der Waals surface area contributed by atoms with E-state index >= 15 is 0 Å². The SMILES string of the molecule is CCc1cc2c(NCCC(C)C)nc(Cl)nc2s1. The molecular weight excluding hydrogens is 266 g/mol. The van der Waals surface area contributed by atoms with Crippen molar-refractivity contribution >= 4 is 39.0 Å². The maximum Gasteiger partial charge on any atom is 0.225 e. The third-order valence-corrected chi connectivity index (χ3v) is 4.12. The second kappa shape index (κ2) is 5.85. The van der Waals surface area contributed by atoms with Crippen LogP contribution in [0.1, 0.15) is 32.1 Å². The van der Waals surface area contributed by atoms with Crippen molar-refractivity contribution in [3.63, 3.8) is 0 Å². The van der Waals surface area contributed by atoms with Gasteiger partial charge >= 0.3 is 0 Å². The van der Waals surface area contributed by atoms with Crippen molar-refractivity contribution in [3.05, 3.63) is 16.2 Å². The Bertz CT molecular complexity index is 536. The Morgan fingerprint density at radius 3 is 2.83 bits per heavy atom. The summed E-state index contributed by atoms with van der Waals surface area (Å²) in [7, 11) is 0. The summed E-state index contributed by atoms with van der Waals surface area (Å²) in [6, 6.07) is 2.16. The molecule has 5 heteroatoms. The monoisotopic (exact) mass is 283 g/mol. The number of anilines is 1. The van der Waals surface area contributed by atoms with Gasteiger partial charge in [0.25, 0.3) is 0 Å². The third kappa shape index (κ3) is 3.12. The van der Waals surface area contributed by atoms with Crippen LogP contribution in [0.25, 0.3) is 10.2 Å². The number of nitrogens with zero attached hydrogens (tertiary/aromatic N) is 2. The van der Waals surface area contributed by atoms with Crippen molar-refractivity contribution in [1.29, 1.82) is 0 Å². The summed E-state index contributed by atoms with van der Waals surface area (Å²) >= 11 is 7.65. The first kappa shape index (κ1) is 13.6. The van der Waals surface area contributed by atoms with Crippen LogP contribution in [0.5, 0.6) is 0 Å². The molecule has 0 saturated carbocycles. The predicted molar refractivity (Wildman–Crippen MR) is 79.7 cm³/mol. The highest BCUT2D eigenvalue weighted by Gasteiger charge is 2.10. The average molecular weight is 284 g/mol. The largest absolute Gasteiger partial charge is 0.369 e. The molecule has 98 valence electrons. The number of nitrogens with one attached hydrogen (secondary N) is 1. The van der Waals surface area contributed by atoms with Gasteiger partial charge in [0.1, 0.15) is 10.6 Å². The number of hydrogen-bond donors (Lipinski definition) is 1. The van der Waals surface area contributed by atoms with E-state index in [0.29, 0.717) is 11.2 Å². The minimum atomic E-state index is 0.319. The Kier molecular flexibility index (Phi) is 4.40. The smallest absolute Gasteiger partial charge is 0.225 e. The second-order valence-corrected chi connectivity index (χ2v) is 6.19. The molecule has 2 aromatic rings. The Morgan fingerprint density at radius 2 is 2.17 bits per heavy atom. The first-order chi connectivity index (χ1) is 8.60. The fourth-order valence-corrected chi connectivity index (χ4v) is 2.92. The first-order valence-electron chi connectivity index (χ1n) is 6.30. The van der Waals surface area contributed by atoms with Crippen LogP contribution in [0.3, 0.4) is 0 Å². The molecule has 0 aliphatic heterocycles. The van der Waals surface area contributed by atoms with Crippen LogP contribution in [0.4, 0.5) is 5.82 Å². The number of hydrogen-bond acceptors (Lipinski definition) is 4. The Labute approximate surface area is 117 Å². The van der Waals surface area contributed by atoms with E-state index in [1.54, 1.807) is 11.3 Å². The molecule has 0 spiro atoms. The molecule has 0 bridgehead atoms. The highest BCUT2D eigenvalue weighted by Crippen LogP contribution is 2.30. The van der Waals surface area contributed by atoms with E-state index in [-0.39, 0.29) is 0 Å². The van der Waals surface area contributed by atoms with Crippen LogP contribution < -0.4 is 5.32 Å². The van der Waals surface area contributed by atoms with Crippen LogP contribution in [0, 0.1) is 5.92 Å². The standard InChI is InChI=1S/C13H18ClN3S/c1-4-9-7-10-11(15-6-5-8(2)3)16-13(14)17-12(10)18-9/h7-8H,4-6H2,1-3H3,(H,15,16,17). The lowest BCUT2D eigenvalue weighted by atomic mass is 10.1. The summed E-state index contributed by atoms with van der Waals surface area (Å²) in [5.74, 6) is 1.54. The van der Waals surface area contributed by atoms with Gasteiger partial charge in [-0.25, -0.2) is 9.97 Å². The molecule has 1 N–H and O–H groups in total. The summed E-state index contributed by atoms with van der Waals surface area (Å²) in [5, 5.41) is 4.77. The van der Waals surface area contributed by atoms with E-state index in [4.69, 9.17) is 11.6 Å². The normalized spacial score (nSPS) is 11.4. The summed E-state index contributed by atoms with van der Waals surface area (Å²) in [6.45, 7) is 7.48. The van der Waals surface area contributed by atoms with Gasteiger partial charge in [0.2, 0.25) is 5.28 Å².